The van der Waals surface area contributed by atoms with Crippen molar-refractivity contribution in [3.63, 3.8) is 0 Å². The van der Waals surface area contributed by atoms with Crippen molar-refractivity contribution in [2.45, 2.75) is 12.3 Å². The summed E-state index contributed by atoms with van der Waals surface area (Å²) < 4.78 is 15.7. The van der Waals surface area contributed by atoms with Crippen molar-refractivity contribution in [1.82, 2.24) is 0 Å². The number of nitrogens with one attached hydrogen (secondary N) is 1. The largest absolute Gasteiger partial charge is 0.504 e. The van der Waals surface area contributed by atoms with Crippen LogP contribution in [0, 0.1) is 0 Å². The van der Waals surface area contributed by atoms with Crippen LogP contribution in [0.3, 0.4) is 0 Å². The Hall–Kier alpha value is -2.89. The van der Waals surface area contributed by atoms with Gasteiger partial charge in [0, 0.05) is 24.1 Å². The highest BCUT2D eigenvalue weighted by molar-refractivity contribution is 5.96. The number of methoxy groups -OCH3 is 3. The fraction of sp³-hybridized carbons (Fsp3) is 0.278. The summed E-state index contributed by atoms with van der Waals surface area (Å²) in [4.78, 5) is 12.1. The fourth-order valence-corrected chi connectivity index (χ4v) is 3.01. The van der Waals surface area contributed by atoms with Crippen LogP contribution in [0.25, 0.3) is 0 Å². The number of aromatic hydroxyl groups is 1. The molecule has 1 aliphatic rings. The van der Waals surface area contributed by atoms with E-state index in [2.05, 4.69) is 5.32 Å². The van der Waals surface area contributed by atoms with Crippen LogP contribution in [-0.4, -0.2) is 32.3 Å². The summed E-state index contributed by atoms with van der Waals surface area (Å²) >= 11 is 0. The molecule has 2 aromatic rings. The van der Waals surface area contributed by atoms with E-state index in [1.54, 1.807) is 32.4 Å². The molecule has 0 aromatic heterocycles. The van der Waals surface area contributed by atoms with Crippen molar-refractivity contribution >= 4 is 11.6 Å². The lowest BCUT2D eigenvalue weighted by Crippen LogP contribution is -2.23. The maximum Gasteiger partial charge on any atom is 0.225 e. The average Bonchev–Trinajstić information content (AvgIpc) is 2.59. The van der Waals surface area contributed by atoms with Crippen molar-refractivity contribution in [3.8, 4) is 23.0 Å². The molecule has 0 saturated carbocycles. The minimum absolute atomic E-state index is 0.0445. The molecule has 1 atom stereocenters. The van der Waals surface area contributed by atoms with Gasteiger partial charge in [0.15, 0.2) is 23.0 Å². The second kappa shape index (κ2) is 6.31. The van der Waals surface area contributed by atoms with Crippen molar-refractivity contribution < 1.29 is 24.1 Å². The van der Waals surface area contributed by atoms with Gasteiger partial charge in [-0.15, -0.1) is 0 Å². The molecule has 3 rings (SSSR count). The van der Waals surface area contributed by atoms with Crippen molar-refractivity contribution in [2.75, 3.05) is 26.6 Å². The first kappa shape index (κ1) is 16.0. The molecular formula is C18H19NO5. The summed E-state index contributed by atoms with van der Waals surface area (Å²) in [6, 6.07) is 8.78. The summed E-state index contributed by atoms with van der Waals surface area (Å²) in [7, 11) is 4.61. The first-order valence-electron chi connectivity index (χ1n) is 7.50. The van der Waals surface area contributed by atoms with E-state index >= 15 is 0 Å². The zero-order valence-electron chi connectivity index (χ0n) is 13.8. The maximum absolute atomic E-state index is 12.1. The molecule has 1 aliphatic heterocycles. The lowest BCUT2D eigenvalue weighted by atomic mass is 9.84. The van der Waals surface area contributed by atoms with E-state index in [1.165, 1.54) is 7.11 Å². The van der Waals surface area contributed by atoms with Gasteiger partial charge in [0.1, 0.15) is 0 Å². The van der Waals surface area contributed by atoms with E-state index in [-0.39, 0.29) is 24.0 Å². The van der Waals surface area contributed by atoms with Crippen LogP contribution in [0.15, 0.2) is 30.3 Å². The average molecular weight is 329 g/mol. The van der Waals surface area contributed by atoms with E-state index in [0.29, 0.717) is 22.9 Å². The van der Waals surface area contributed by atoms with Crippen LogP contribution in [-0.2, 0) is 4.79 Å². The zero-order chi connectivity index (χ0) is 17.3. The lowest BCUT2D eigenvalue weighted by molar-refractivity contribution is -0.116. The Morgan fingerprint density at radius 1 is 1.00 bits per heavy atom. The lowest BCUT2D eigenvalue weighted by Gasteiger charge is -2.27. The molecule has 2 aromatic carbocycles. The molecule has 0 saturated heterocycles. The van der Waals surface area contributed by atoms with Crippen LogP contribution in [0.4, 0.5) is 5.69 Å². The number of benzene rings is 2. The Kier molecular flexibility index (Phi) is 4.20. The first-order valence-corrected chi connectivity index (χ1v) is 7.50. The summed E-state index contributed by atoms with van der Waals surface area (Å²) in [6.07, 6.45) is 0.286. The monoisotopic (exact) mass is 329 g/mol. The molecule has 0 radical (unpaired) electrons. The van der Waals surface area contributed by atoms with Gasteiger partial charge in [-0.1, -0.05) is 6.07 Å². The smallest absolute Gasteiger partial charge is 0.225 e. The van der Waals surface area contributed by atoms with Crippen LogP contribution in [0.2, 0.25) is 0 Å². The number of hydrogen-bond acceptors (Lipinski definition) is 5. The standard InChI is InChI=1S/C18H19NO5/c1-22-15-5-4-10(6-14(15)20)11-8-18(21)19-13-9-17(24-3)16(23-2)7-12(11)13/h4-7,9,11,20H,8H2,1-3H3,(H,19,21). The second-order valence-electron chi connectivity index (χ2n) is 5.53. The zero-order valence-corrected chi connectivity index (χ0v) is 13.8. The van der Waals surface area contributed by atoms with Crippen LogP contribution < -0.4 is 19.5 Å². The topological polar surface area (TPSA) is 77.0 Å². The summed E-state index contributed by atoms with van der Waals surface area (Å²) in [5, 5.41) is 12.9. The minimum atomic E-state index is -0.189. The molecule has 0 spiro atoms. The van der Waals surface area contributed by atoms with Gasteiger partial charge in [-0.3, -0.25) is 4.79 Å². The van der Waals surface area contributed by atoms with E-state index in [4.69, 9.17) is 14.2 Å². The predicted octanol–water partition coefficient (Wildman–Crippen LogP) is 2.89. The number of ether oxygens (including phenoxy) is 3. The quantitative estimate of drug-likeness (QED) is 0.902. The third-order valence-corrected chi connectivity index (χ3v) is 4.20. The van der Waals surface area contributed by atoms with Gasteiger partial charge < -0.3 is 24.6 Å². The van der Waals surface area contributed by atoms with Gasteiger partial charge in [0.05, 0.1) is 21.3 Å². The van der Waals surface area contributed by atoms with Gasteiger partial charge in [-0.25, -0.2) is 0 Å². The van der Waals surface area contributed by atoms with Gasteiger partial charge >= 0.3 is 0 Å². The van der Waals surface area contributed by atoms with E-state index < -0.39 is 0 Å². The number of rotatable bonds is 4. The summed E-state index contributed by atoms with van der Waals surface area (Å²) in [6.45, 7) is 0. The van der Waals surface area contributed by atoms with Gasteiger partial charge in [0.2, 0.25) is 5.91 Å². The molecule has 6 heteroatoms. The van der Waals surface area contributed by atoms with E-state index in [1.807, 2.05) is 12.1 Å². The molecule has 0 aliphatic carbocycles. The number of anilines is 1. The second-order valence-corrected chi connectivity index (χ2v) is 5.53. The number of carbonyl (C=O) groups is 1. The van der Waals surface area contributed by atoms with Crippen LogP contribution in [0.1, 0.15) is 23.5 Å². The first-order chi connectivity index (χ1) is 11.6. The fourth-order valence-electron chi connectivity index (χ4n) is 3.01. The number of hydrogen-bond donors (Lipinski definition) is 2. The van der Waals surface area contributed by atoms with Gasteiger partial charge in [-0.2, -0.15) is 0 Å². The Labute approximate surface area is 140 Å². The number of fused-ring (bicyclic) bond motifs is 1. The molecule has 1 unspecified atom stereocenters. The van der Waals surface area contributed by atoms with Crippen molar-refractivity contribution in [1.29, 1.82) is 0 Å². The number of phenolic OH excluding ortho intramolecular Hbond substituents is 1. The highest BCUT2D eigenvalue weighted by Crippen LogP contribution is 2.44. The molecule has 126 valence electrons. The molecule has 24 heavy (non-hydrogen) atoms. The Bertz CT molecular complexity index is 787. The Morgan fingerprint density at radius 2 is 1.67 bits per heavy atom. The third-order valence-electron chi connectivity index (χ3n) is 4.20. The number of carbonyl (C=O) groups excluding carboxylic acids is 1. The van der Waals surface area contributed by atoms with Crippen molar-refractivity contribution in [2.24, 2.45) is 0 Å². The molecule has 1 heterocycles. The van der Waals surface area contributed by atoms with Crippen molar-refractivity contribution in [3.05, 3.63) is 41.5 Å². The number of phenols is 1. The third kappa shape index (κ3) is 2.71. The molecule has 2 N–H and O–H groups in total. The Balaban J connectivity index is 2.11. The van der Waals surface area contributed by atoms with E-state index in [9.17, 15) is 9.90 Å². The SMILES string of the molecule is COc1ccc(C2CC(=O)Nc3cc(OC)c(OC)cc32)cc1O. The maximum atomic E-state index is 12.1. The molecule has 1 amide bonds. The van der Waals surface area contributed by atoms with Gasteiger partial charge in [-0.05, 0) is 29.3 Å². The Morgan fingerprint density at radius 3 is 2.29 bits per heavy atom. The normalized spacial score (nSPS) is 16.1. The van der Waals surface area contributed by atoms with Crippen LogP contribution >= 0.6 is 0 Å². The molecule has 6 nitrogen and oxygen atoms in total. The highest BCUT2D eigenvalue weighted by Gasteiger charge is 2.29. The van der Waals surface area contributed by atoms with Gasteiger partial charge in [0.25, 0.3) is 0 Å². The molecular weight excluding hydrogens is 310 g/mol. The summed E-state index contributed by atoms with van der Waals surface area (Å²) in [5.41, 5.74) is 2.43. The molecule has 0 bridgehead atoms. The summed E-state index contributed by atoms with van der Waals surface area (Å²) in [5.74, 6) is 1.31. The predicted molar refractivity (Wildman–Crippen MR) is 89.3 cm³/mol. The minimum Gasteiger partial charge on any atom is -0.504 e. The van der Waals surface area contributed by atoms with E-state index in [0.717, 1.165) is 11.1 Å². The highest BCUT2D eigenvalue weighted by atomic mass is 16.5. The van der Waals surface area contributed by atoms with Crippen LogP contribution in [0.5, 0.6) is 23.0 Å². The molecule has 0 fully saturated rings. The number of amides is 1.